The van der Waals surface area contributed by atoms with Crippen LogP contribution < -0.4 is 0 Å². The summed E-state index contributed by atoms with van der Waals surface area (Å²) in [5.74, 6) is 0. The molecule has 1 aliphatic rings. The van der Waals surface area contributed by atoms with Crippen LogP contribution in [-0.2, 0) is 0 Å². The molecule has 17 heavy (non-hydrogen) atoms. The van der Waals surface area contributed by atoms with Gasteiger partial charge in [-0.15, -0.1) is 0 Å². The third kappa shape index (κ3) is 4.88. The van der Waals surface area contributed by atoms with Crippen LogP contribution in [-0.4, -0.2) is 22.4 Å². The molecule has 0 aliphatic heterocycles. The first-order chi connectivity index (χ1) is 7.80. The summed E-state index contributed by atoms with van der Waals surface area (Å²) in [7, 11) is 0. The minimum atomic E-state index is -0.545. The van der Waals surface area contributed by atoms with Crippen LogP contribution in [0.25, 0.3) is 0 Å². The molecule has 0 spiro atoms. The minimum absolute atomic E-state index is 0.0437. The smallest absolute Gasteiger partial charge is 0.0761 e. The Bertz CT molecular complexity index is 337. The molecule has 0 saturated carbocycles. The Labute approximate surface area is 104 Å². The predicted molar refractivity (Wildman–Crippen MR) is 71.7 cm³/mol. The maximum atomic E-state index is 10.0. The van der Waals surface area contributed by atoms with Crippen molar-refractivity contribution < 1.29 is 10.2 Å². The minimum Gasteiger partial charge on any atom is -0.389 e. The van der Waals surface area contributed by atoms with Gasteiger partial charge in [-0.3, -0.25) is 0 Å². The van der Waals surface area contributed by atoms with Crippen molar-refractivity contribution >= 4 is 0 Å². The lowest BCUT2D eigenvalue weighted by Crippen LogP contribution is -2.22. The first-order valence-corrected chi connectivity index (χ1v) is 6.19. The van der Waals surface area contributed by atoms with Gasteiger partial charge in [0.05, 0.1) is 12.2 Å². The molecular weight excluding hydrogens is 212 g/mol. The number of rotatable bonds is 0. The molecule has 1 rings (SSSR count). The molecule has 2 atom stereocenters. The lowest BCUT2D eigenvalue weighted by molar-refractivity contribution is 0.146. The summed E-state index contributed by atoms with van der Waals surface area (Å²) in [5, 5.41) is 19.9. The zero-order valence-corrected chi connectivity index (χ0v) is 11.1. The van der Waals surface area contributed by atoms with Crippen LogP contribution in [0.3, 0.4) is 0 Å². The second-order valence-corrected chi connectivity index (χ2v) is 5.76. The Kier molecular flexibility index (Phi) is 4.72. The summed E-state index contributed by atoms with van der Waals surface area (Å²) >= 11 is 0. The zero-order chi connectivity index (χ0) is 13.1. The van der Waals surface area contributed by atoms with Crippen molar-refractivity contribution in [3.05, 3.63) is 36.0 Å². The molecule has 1 aliphatic carbocycles. The molecule has 0 fully saturated rings. The van der Waals surface area contributed by atoms with E-state index >= 15 is 0 Å². The number of hydrogen-bond acceptors (Lipinski definition) is 2. The fourth-order valence-corrected chi connectivity index (χ4v) is 2.13. The van der Waals surface area contributed by atoms with Crippen molar-refractivity contribution in [2.24, 2.45) is 5.41 Å². The van der Waals surface area contributed by atoms with E-state index in [1.807, 2.05) is 13.0 Å². The Morgan fingerprint density at radius 3 is 2.65 bits per heavy atom. The maximum absolute atomic E-state index is 10.0. The van der Waals surface area contributed by atoms with Crippen LogP contribution in [0.1, 0.15) is 40.0 Å². The van der Waals surface area contributed by atoms with Crippen molar-refractivity contribution in [3.63, 3.8) is 0 Å². The standard InChI is InChI=1S/C15H24O2/c1-11-6-5-7-15(3,4)10-14(17)12(2)9-13(16)8-11/h5,7-8,13-14,16-17H,2,6,9-10H2,1,3-4H3. The van der Waals surface area contributed by atoms with Gasteiger partial charge in [0.25, 0.3) is 0 Å². The highest BCUT2D eigenvalue weighted by Crippen LogP contribution is 2.29. The average molecular weight is 236 g/mol. The Morgan fingerprint density at radius 1 is 1.35 bits per heavy atom. The van der Waals surface area contributed by atoms with Gasteiger partial charge >= 0.3 is 0 Å². The highest BCUT2D eigenvalue weighted by atomic mass is 16.3. The molecule has 2 heteroatoms. The van der Waals surface area contributed by atoms with Crippen molar-refractivity contribution in [1.29, 1.82) is 0 Å². The summed E-state index contributed by atoms with van der Waals surface area (Å²) in [6.07, 6.45) is 6.95. The van der Waals surface area contributed by atoms with E-state index < -0.39 is 12.2 Å². The summed E-state index contributed by atoms with van der Waals surface area (Å²) in [6, 6.07) is 0. The van der Waals surface area contributed by atoms with E-state index in [1.165, 1.54) is 0 Å². The fourth-order valence-electron chi connectivity index (χ4n) is 2.13. The Balaban J connectivity index is 2.91. The normalized spacial score (nSPS) is 30.6. The molecule has 0 heterocycles. The Hall–Kier alpha value is -0.860. The van der Waals surface area contributed by atoms with Crippen molar-refractivity contribution in [2.45, 2.75) is 52.2 Å². The third-order valence-corrected chi connectivity index (χ3v) is 3.15. The molecule has 0 aromatic rings. The molecule has 2 unspecified atom stereocenters. The van der Waals surface area contributed by atoms with Gasteiger partial charge in [0.2, 0.25) is 0 Å². The summed E-state index contributed by atoms with van der Waals surface area (Å²) in [5.41, 5.74) is 1.82. The third-order valence-electron chi connectivity index (χ3n) is 3.15. The summed E-state index contributed by atoms with van der Waals surface area (Å²) < 4.78 is 0. The number of aliphatic hydroxyl groups is 2. The maximum Gasteiger partial charge on any atom is 0.0761 e. The van der Waals surface area contributed by atoms with Gasteiger partial charge in [0, 0.05) is 6.42 Å². The second-order valence-electron chi connectivity index (χ2n) is 5.76. The summed E-state index contributed by atoms with van der Waals surface area (Å²) in [6.45, 7) is 10.1. The van der Waals surface area contributed by atoms with Crippen LogP contribution >= 0.6 is 0 Å². The van der Waals surface area contributed by atoms with Gasteiger partial charge in [0.15, 0.2) is 0 Å². The molecule has 0 aromatic carbocycles. The molecule has 2 N–H and O–H groups in total. The molecule has 0 amide bonds. The topological polar surface area (TPSA) is 40.5 Å². The molecular formula is C15H24O2. The summed E-state index contributed by atoms with van der Waals surface area (Å²) in [4.78, 5) is 0. The van der Waals surface area contributed by atoms with E-state index in [1.54, 1.807) is 0 Å². The number of allylic oxidation sites excluding steroid dienone is 3. The van der Waals surface area contributed by atoms with Gasteiger partial charge < -0.3 is 10.2 Å². The first-order valence-electron chi connectivity index (χ1n) is 6.19. The molecule has 2 nitrogen and oxygen atoms in total. The van der Waals surface area contributed by atoms with Crippen molar-refractivity contribution in [1.82, 2.24) is 0 Å². The molecule has 96 valence electrons. The highest BCUT2D eigenvalue weighted by Gasteiger charge is 2.22. The van der Waals surface area contributed by atoms with E-state index in [4.69, 9.17) is 0 Å². The van der Waals surface area contributed by atoms with Gasteiger partial charge in [0.1, 0.15) is 0 Å². The van der Waals surface area contributed by atoms with Gasteiger partial charge in [-0.25, -0.2) is 0 Å². The number of hydrogen-bond donors (Lipinski definition) is 2. The van der Waals surface area contributed by atoms with E-state index in [2.05, 4.69) is 32.6 Å². The average Bonchev–Trinajstić information content (AvgIpc) is 2.15. The van der Waals surface area contributed by atoms with Crippen molar-refractivity contribution in [2.75, 3.05) is 0 Å². The van der Waals surface area contributed by atoms with Gasteiger partial charge in [-0.1, -0.05) is 44.2 Å². The lowest BCUT2D eigenvalue weighted by Gasteiger charge is -2.25. The Morgan fingerprint density at radius 2 is 2.00 bits per heavy atom. The fraction of sp³-hybridized carbons (Fsp3) is 0.600. The zero-order valence-electron chi connectivity index (χ0n) is 11.1. The van der Waals surface area contributed by atoms with Crippen LogP contribution in [0.5, 0.6) is 0 Å². The highest BCUT2D eigenvalue weighted by molar-refractivity contribution is 5.15. The lowest BCUT2D eigenvalue weighted by atomic mass is 9.83. The van der Waals surface area contributed by atoms with Crippen LogP contribution in [0, 0.1) is 5.41 Å². The first kappa shape index (κ1) is 14.2. The van der Waals surface area contributed by atoms with Crippen LogP contribution in [0.2, 0.25) is 0 Å². The predicted octanol–water partition coefficient (Wildman–Crippen LogP) is 2.98. The second kappa shape index (κ2) is 5.65. The molecule has 0 saturated heterocycles. The number of aliphatic hydroxyl groups excluding tert-OH is 2. The van der Waals surface area contributed by atoms with Gasteiger partial charge in [-0.2, -0.15) is 0 Å². The largest absolute Gasteiger partial charge is 0.389 e. The van der Waals surface area contributed by atoms with E-state index in [0.29, 0.717) is 18.4 Å². The monoisotopic (exact) mass is 236 g/mol. The molecule has 0 bridgehead atoms. The van der Waals surface area contributed by atoms with Crippen molar-refractivity contribution in [3.8, 4) is 0 Å². The van der Waals surface area contributed by atoms with E-state index in [0.717, 1.165) is 12.0 Å². The van der Waals surface area contributed by atoms with Crippen LogP contribution in [0.4, 0.5) is 0 Å². The SMILES string of the molecule is C=C1CC(O)C=C(C)CC=CC(C)(C)CC1O. The van der Waals surface area contributed by atoms with Crippen LogP contribution in [0.15, 0.2) is 36.0 Å². The quantitative estimate of drug-likeness (QED) is 0.635. The van der Waals surface area contributed by atoms with E-state index in [9.17, 15) is 10.2 Å². The van der Waals surface area contributed by atoms with E-state index in [-0.39, 0.29) is 5.41 Å². The molecule has 0 radical (unpaired) electrons. The van der Waals surface area contributed by atoms with Gasteiger partial charge in [-0.05, 0) is 30.8 Å². The molecule has 0 aromatic heterocycles.